The molecule has 3 aromatic carbocycles. The molecule has 0 radical (unpaired) electrons. The quantitative estimate of drug-likeness (QED) is 0.217. The van der Waals surface area contributed by atoms with E-state index in [9.17, 15) is 14.3 Å². The van der Waals surface area contributed by atoms with Crippen molar-refractivity contribution in [1.29, 1.82) is 0 Å². The van der Waals surface area contributed by atoms with Gasteiger partial charge in [0, 0.05) is 11.1 Å². The van der Waals surface area contributed by atoms with Gasteiger partial charge in [0.25, 0.3) is 0 Å². The fourth-order valence-corrected chi connectivity index (χ4v) is 4.69. The van der Waals surface area contributed by atoms with Crippen LogP contribution in [-0.4, -0.2) is 11.1 Å². The Hall–Kier alpha value is -3.70. The van der Waals surface area contributed by atoms with Gasteiger partial charge in [0.15, 0.2) is 6.30 Å². The number of anilines is 1. The first kappa shape index (κ1) is 22.1. The number of carboxylic acids is 1. The molecule has 0 amide bonds. The summed E-state index contributed by atoms with van der Waals surface area (Å²) in [6.07, 6.45) is 3.88. The topological polar surface area (TPSA) is 61.4 Å². The van der Waals surface area contributed by atoms with E-state index in [1.807, 2.05) is 48.5 Å². The molecule has 3 N–H and O–H groups in total. The maximum Gasteiger partial charge on any atom is 0.331 e. The Morgan fingerprint density at radius 2 is 1.68 bits per heavy atom. The lowest BCUT2D eigenvalue weighted by atomic mass is 9.73. The minimum Gasteiger partial charge on any atom is -0.478 e. The Morgan fingerprint density at radius 1 is 0.971 bits per heavy atom. The predicted molar refractivity (Wildman–Crippen MR) is 134 cm³/mol. The summed E-state index contributed by atoms with van der Waals surface area (Å²) < 4.78 is 14.5. The fraction of sp³-hybridized carbons (Fsp3) is 0.207. The van der Waals surface area contributed by atoms with E-state index in [-0.39, 0.29) is 5.57 Å². The Morgan fingerprint density at radius 3 is 2.32 bits per heavy atom. The minimum absolute atomic E-state index is 0.288. The smallest absolute Gasteiger partial charge is 0.331 e. The van der Waals surface area contributed by atoms with Crippen LogP contribution >= 0.6 is 0 Å². The molecule has 1 saturated carbocycles. The second kappa shape index (κ2) is 9.27. The van der Waals surface area contributed by atoms with Crippen molar-refractivity contribution < 1.29 is 14.3 Å². The van der Waals surface area contributed by atoms with Crippen molar-refractivity contribution in [2.24, 2.45) is 5.92 Å². The number of hydrogen-bond acceptors (Lipinski definition) is 3. The van der Waals surface area contributed by atoms with Crippen LogP contribution in [0.5, 0.6) is 0 Å². The third kappa shape index (κ3) is 4.27. The first-order valence-electron chi connectivity index (χ1n) is 11.6. The van der Waals surface area contributed by atoms with Crippen molar-refractivity contribution in [2.45, 2.75) is 32.5 Å². The summed E-state index contributed by atoms with van der Waals surface area (Å²) >= 11 is 0. The van der Waals surface area contributed by atoms with Gasteiger partial charge in [-0.25, -0.2) is 14.6 Å². The number of rotatable bonds is 6. The van der Waals surface area contributed by atoms with Crippen LogP contribution in [-0.2, 0) is 4.79 Å². The van der Waals surface area contributed by atoms with Crippen LogP contribution < -0.4 is 10.9 Å². The normalized spacial score (nSPS) is 18.5. The van der Waals surface area contributed by atoms with Gasteiger partial charge < -0.3 is 10.5 Å². The van der Waals surface area contributed by atoms with E-state index in [0.717, 1.165) is 40.8 Å². The standard InChI is InChI=1S/C29H27FN2O2/c1-18(29(33)34)16-19-10-12-22(13-11-19)27(23-14-15-25-24(17-23)28(30)32-31-25)26(21-8-5-9-21)20-6-3-2-4-7-20/h2-4,6-7,10-17,21,28,31-32H,5,8-9H2,1H3,(H,33,34)/b18-16+,27-26-. The average Bonchev–Trinajstić information content (AvgIpc) is 3.19. The number of fused-ring (bicyclic) bond motifs is 1. The number of benzene rings is 3. The number of allylic oxidation sites excluding steroid dienone is 1. The zero-order chi connectivity index (χ0) is 23.7. The van der Waals surface area contributed by atoms with Crippen molar-refractivity contribution >= 4 is 28.9 Å². The number of alkyl halides is 1. The zero-order valence-corrected chi connectivity index (χ0v) is 19.0. The second-order valence-electron chi connectivity index (χ2n) is 8.97. The van der Waals surface area contributed by atoms with Crippen LogP contribution in [0, 0.1) is 5.92 Å². The molecule has 1 aliphatic carbocycles. The van der Waals surface area contributed by atoms with Crippen LogP contribution in [0.4, 0.5) is 10.1 Å². The predicted octanol–water partition coefficient (Wildman–Crippen LogP) is 6.83. The largest absolute Gasteiger partial charge is 0.478 e. The fourth-order valence-electron chi connectivity index (χ4n) is 4.69. The molecule has 1 atom stereocenters. The monoisotopic (exact) mass is 454 g/mol. The van der Waals surface area contributed by atoms with Gasteiger partial charge in [-0.15, -0.1) is 0 Å². The molecule has 1 fully saturated rings. The van der Waals surface area contributed by atoms with E-state index in [1.54, 1.807) is 13.0 Å². The van der Waals surface area contributed by atoms with Gasteiger partial charge in [-0.1, -0.05) is 67.1 Å². The SMILES string of the molecule is C/C(=C\c1ccc(/C(=C(\c2ccccc2)C2CCC2)c2ccc3c(c2)C(F)NN3)cc1)C(=O)O. The highest BCUT2D eigenvalue weighted by Gasteiger charge is 2.28. The van der Waals surface area contributed by atoms with E-state index in [2.05, 4.69) is 35.1 Å². The van der Waals surface area contributed by atoms with Crippen LogP contribution in [0.25, 0.3) is 17.2 Å². The molecule has 1 aliphatic heterocycles. The van der Waals surface area contributed by atoms with Gasteiger partial charge in [0.2, 0.25) is 0 Å². The molecular formula is C29H27FN2O2. The summed E-state index contributed by atoms with van der Waals surface area (Å²) in [4.78, 5) is 11.2. The van der Waals surface area contributed by atoms with Crippen LogP contribution in [0.2, 0.25) is 0 Å². The molecule has 2 aliphatic rings. The number of halogens is 1. The number of nitrogens with one attached hydrogen (secondary N) is 2. The van der Waals surface area contributed by atoms with Gasteiger partial charge in [-0.05, 0) is 77.3 Å². The number of hydrogen-bond donors (Lipinski definition) is 3. The van der Waals surface area contributed by atoms with Crippen molar-refractivity contribution in [1.82, 2.24) is 5.43 Å². The van der Waals surface area contributed by atoms with E-state index in [1.165, 1.54) is 17.6 Å². The molecule has 0 bridgehead atoms. The van der Waals surface area contributed by atoms with Gasteiger partial charge in [-0.3, -0.25) is 0 Å². The highest BCUT2D eigenvalue weighted by Crippen LogP contribution is 2.46. The number of aliphatic carboxylic acids is 1. The highest BCUT2D eigenvalue weighted by molar-refractivity contribution is 6.00. The Labute approximate surface area is 198 Å². The third-order valence-corrected chi connectivity index (χ3v) is 6.73. The summed E-state index contributed by atoms with van der Waals surface area (Å²) in [5, 5.41) is 9.21. The highest BCUT2D eigenvalue weighted by atomic mass is 19.1. The maximum absolute atomic E-state index is 14.5. The van der Waals surface area contributed by atoms with Crippen LogP contribution in [0.3, 0.4) is 0 Å². The van der Waals surface area contributed by atoms with Gasteiger partial charge in [-0.2, -0.15) is 0 Å². The number of carboxylic acid groups (broad SMARTS) is 1. The summed E-state index contributed by atoms with van der Waals surface area (Å²) in [5.74, 6) is -0.487. The zero-order valence-electron chi connectivity index (χ0n) is 19.0. The molecule has 34 heavy (non-hydrogen) atoms. The van der Waals surface area contributed by atoms with Crippen molar-refractivity contribution in [2.75, 3.05) is 5.43 Å². The number of hydrazine groups is 1. The molecule has 1 unspecified atom stereocenters. The Bertz CT molecular complexity index is 1280. The average molecular weight is 455 g/mol. The summed E-state index contributed by atoms with van der Waals surface area (Å²) in [7, 11) is 0. The van der Waals surface area contributed by atoms with Crippen LogP contribution in [0.1, 0.15) is 60.3 Å². The molecule has 4 nitrogen and oxygen atoms in total. The lowest BCUT2D eigenvalue weighted by Gasteiger charge is -2.31. The molecule has 1 heterocycles. The molecule has 0 saturated heterocycles. The maximum atomic E-state index is 14.5. The molecular weight excluding hydrogens is 427 g/mol. The van der Waals surface area contributed by atoms with Crippen molar-refractivity contribution in [3.63, 3.8) is 0 Å². The molecule has 0 aromatic heterocycles. The molecule has 172 valence electrons. The van der Waals surface area contributed by atoms with Gasteiger partial charge in [0.05, 0.1) is 5.69 Å². The molecule has 3 aromatic rings. The first-order valence-corrected chi connectivity index (χ1v) is 11.6. The van der Waals surface area contributed by atoms with E-state index < -0.39 is 12.3 Å². The Kier molecular flexibility index (Phi) is 6.03. The van der Waals surface area contributed by atoms with Gasteiger partial charge >= 0.3 is 5.97 Å². The Balaban J connectivity index is 1.70. The summed E-state index contributed by atoms with van der Waals surface area (Å²) in [5.41, 5.74) is 13.6. The summed E-state index contributed by atoms with van der Waals surface area (Å²) in [6, 6.07) is 24.3. The van der Waals surface area contributed by atoms with Gasteiger partial charge in [0.1, 0.15) is 0 Å². The second-order valence-corrected chi connectivity index (χ2v) is 8.97. The number of carbonyl (C=O) groups is 1. The third-order valence-electron chi connectivity index (χ3n) is 6.73. The van der Waals surface area contributed by atoms with Crippen LogP contribution in [0.15, 0.2) is 78.4 Å². The van der Waals surface area contributed by atoms with E-state index >= 15 is 0 Å². The minimum atomic E-state index is -1.26. The molecule has 5 rings (SSSR count). The molecule has 5 heteroatoms. The molecule has 0 spiro atoms. The van der Waals surface area contributed by atoms with E-state index in [4.69, 9.17) is 0 Å². The van der Waals surface area contributed by atoms with E-state index in [0.29, 0.717) is 11.5 Å². The lowest BCUT2D eigenvalue weighted by molar-refractivity contribution is -0.132. The van der Waals surface area contributed by atoms with Crippen molar-refractivity contribution in [3.05, 3.63) is 106 Å². The lowest BCUT2D eigenvalue weighted by Crippen LogP contribution is -2.15. The summed E-state index contributed by atoms with van der Waals surface area (Å²) in [6.45, 7) is 1.59. The van der Waals surface area contributed by atoms with Crippen molar-refractivity contribution in [3.8, 4) is 0 Å². The first-order chi connectivity index (χ1) is 16.5.